The minimum absolute atomic E-state index is 0. The fourth-order valence-electron chi connectivity index (χ4n) is 3.75. The van der Waals surface area contributed by atoms with Gasteiger partial charge in [0.25, 0.3) is 11.8 Å². The molecule has 0 fully saturated rings. The summed E-state index contributed by atoms with van der Waals surface area (Å²) in [7, 11) is 0. The van der Waals surface area contributed by atoms with Crippen molar-refractivity contribution in [2.45, 2.75) is 6.18 Å². The van der Waals surface area contributed by atoms with Crippen molar-refractivity contribution in [2.24, 2.45) is 0 Å². The first kappa shape index (κ1) is 29.3. The molecule has 1 amide bonds. The molecule has 4 rings (SSSR count). The zero-order chi connectivity index (χ0) is 26.9. The van der Waals surface area contributed by atoms with Gasteiger partial charge in [-0.05, 0) is 42.5 Å². The predicted octanol–water partition coefficient (Wildman–Crippen LogP) is 3.84. The van der Waals surface area contributed by atoms with Crippen LogP contribution in [0.2, 0.25) is 5.02 Å². The number of hydrogen-bond acceptors (Lipinski definition) is 5. The van der Waals surface area contributed by atoms with Crippen LogP contribution in [0.3, 0.4) is 0 Å². The van der Waals surface area contributed by atoms with Crippen molar-refractivity contribution in [1.82, 2.24) is 15.1 Å². The van der Waals surface area contributed by atoms with Gasteiger partial charge in [-0.25, -0.2) is 4.79 Å². The summed E-state index contributed by atoms with van der Waals surface area (Å²) < 4.78 is 41.9. The number of nitrogens with one attached hydrogen (secondary N) is 1. The molecule has 0 spiro atoms. The van der Waals surface area contributed by atoms with E-state index in [0.717, 1.165) is 22.9 Å². The maximum atomic E-state index is 13.7. The van der Waals surface area contributed by atoms with Crippen LogP contribution >= 0.6 is 11.6 Å². The van der Waals surface area contributed by atoms with Gasteiger partial charge in [-0.2, -0.15) is 23.0 Å². The molecule has 0 saturated carbocycles. The van der Waals surface area contributed by atoms with Gasteiger partial charge >= 0.3 is 41.7 Å². The molecule has 0 aliphatic heterocycles. The normalized spacial score (nSPS) is 11.2. The third kappa shape index (κ3) is 5.77. The number of amides is 1. The van der Waals surface area contributed by atoms with Gasteiger partial charge in [0.15, 0.2) is 0 Å². The Morgan fingerprint density at radius 2 is 1.66 bits per heavy atom. The Bertz CT molecular complexity index is 1540. The molecule has 0 aliphatic rings. The number of alkyl halides is 3. The van der Waals surface area contributed by atoms with Gasteiger partial charge in [0.2, 0.25) is 0 Å². The number of fused-ring (bicyclic) bond motifs is 1. The summed E-state index contributed by atoms with van der Waals surface area (Å²) in [5, 5.41) is 24.7. The van der Waals surface area contributed by atoms with Crippen molar-refractivity contribution in [3.63, 3.8) is 0 Å². The number of carbonyl (C=O) groups excluding carboxylic acids is 2. The number of nitrogens with zero attached hydrogens (tertiary/aromatic N) is 2. The Hall–Kier alpha value is -3.22. The van der Waals surface area contributed by atoms with Crippen molar-refractivity contribution in [3.05, 3.63) is 87.9 Å². The number of benzene rings is 3. The van der Waals surface area contributed by atoms with E-state index in [1.165, 1.54) is 42.5 Å². The fourth-order valence-corrected chi connectivity index (χ4v) is 4.01. The van der Waals surface area contributed by atoms with E-state index in [1.54, 1.807) is 0 Å². The van der Waals surface area contributed by atoms with Gasteiger partial charge in [-0.1, -0.05) is 29.8 Å². The van der Waals surface area contributed by atoms with E-state index in [2.05, 4.69) is 10.4 Å². The van der Waals surface area contributed by atoms with Crippen molar-refractivity contribution >= 4 is 69.8 Å². The van der Waals surface area contributed by atoms with Crippen molar-refractivity contribution in [2.75, 3.05) is 13.2 Å². The summed E-state index contributed by atoms with van der Waals surface area (Å²) >= 11 is 6.04. The van der Waals surface area contributed by atoms with Gasteiger partial charge < -0.3 is 15.5 Å². The summed E-state index contributed by atoms with van der Waals surface area (Å²) in [4.78, 5) is 37.2. The number of aromatic carboxylic acids is 1. The number of halogens is 4. The standard InChI is InChI=1S/C25H17ClF3N3O5.Na.H/c26-18-3-1-2-17(25(27,28)29)20(18)23(35)32-19-12-15(22(34)30-10-11-33)8-9-16(19)21(31-32)13-4-6-14(7-5-13)24(36)37;;/h1-9,12,33H,10-11H2,(H,30,34)(H,36,37);;. The monoisotopic (exact) mass is 555 g/mol. The van der Waals surface area contributed by atoms with Crippen LogP contribution in [0.1, 0.15) is 36.6 Å². The number of aliphatic hydroxyl groups excluding tert-OH is 1. The molecular weight excluding hydrogens is 538 g/mol. The second-order valence-electron chi connectivity index (χ2n) is 7.82. The molecule has 3 N–H and O–H groups in total. The van der Waals surface area contributed by atoms with Crippen LogP contribution in [0.5, 0.6) is 0 Å². The van der Waals surface area contributed by atoms with E-state index in [4.69, 9.17) is 21.8 Å². The number of rotatable bonds is 6. The molecule has 0 unspecified atom stereocenters. The van der Waals surface area contributed by atoms with E-state index in [1.807, 2.05) is 0 Å². The maximum absolute atomic E-state index is 13.7. The van der Waals surface area contributed by atoms with Crippen molar-refractivity contribution < 1.29 is 37.8 Å². The molecule has 0 aliphatic carbocycles. The van der Waals surface area contributed by atoms with Gasteiger partial charge in [0.05, 0.1) is 33.8 Å². The van der Waals surface area contributed by atoms with Crippen LogP contribution in [-0.2, 0) is 6.18 Å². The van der Waals surface area contributed by atoms with Crippen LogP contribution in [0.25, 0.3) is 22.2 Å². The number of aliphatic hydroxyl groups is 1. The number of aromatic nitrogens is 2. The summed E-state index contributed by atoms with van der Waals surface area (Å²) in [5.41, 5.74) is -1.43. The quantitative estimate of drug-likeness (QED) is 0.311. The van der Waals surface area contributed by atoms with E-state index >= 15 is 0 Å². The summed E-state index contributed by atoms with van der Waals surface area (Å²) in [6, 6.07) is 12.6. The zero-order valence-electron chi connectivity index (χ0n) is 18.7. The number of carboxylic acids is 1. The van der Waals surface area contributed by atoms with E-state index < -0.39 is 40.1 Å². The Balaban J connectivity index is 0.00000400. The molecule has 0 saturated heterocycles. The predicted molar refractivity (Wildman–Crippen MR) is 135 cm³/mol. The summed E-state index contributed by atoms with van der Waals surface area (Å²) in [6.45, 7) is -0.349. The van der Waals surface area contributed by atoms with E-state index in [9.17, 15) is 27.6 Å². The molecule has 4 aromatic rings. The first-order valence-electron chi connectivity index (χ1n) is 10.7. The van der Waals surface area contributed by atoms with Gasteiger partial charge in [0.1, 0.15) is 5.69 Å². The minimum atomic E-state index is -4.89. The first-order chi connectivity index (χ1) is 17.5. The molecule has 0 atom stereocenters. The molecule has 38 heavy (non-hydrogen) atoms. The molecule has 1 aromatic heterocycles. The van der Waals surface area contributed by atoms with Crippen LogP contribution in [-0.4, -0.2) is 80.5 Å². The molecule has 8 nitrogen and oxygen atoms in total. The molecule has 0 radical (unpaired) electrons. The SMILES string of the molecule is O=C(O)c1ccc(-c2nn(C(=O)c3c(Cl)cccc3C(F)(F)F)c3cc(C(=O)NCCO)ccc23)cc1.[NaH]. The zero-order valence-corrected chi connectivity index (χ0v) is 19.5. The van der Waals surface area contributed by atoms with Gasteiger partial charge in [0, 0.05) is 23.1 Å². The van der Waals surface area contributed by atoms with Crippen molar-refractivity contribution in [1.29, 1.82) is 0 Å². The Labute approximate surface area is 240 Å². The Kier molecular flexibility index (Phi) is 9.01. The average Bonchev–Trinajstić information content (AvgIpc) is 3.25. The molecule has 3 aromatic carbocycles. The third-order valence-corrected chi connectivity index (χ3v) is 5.79. The second-order valence-corrected chi connectivity index (χ2v) is 8.23. The van der Waals surface area contributed by atoms with Crippen LogP contribution in [0.15, 0.2) is 60.7 Å². The van der Waals surface area contributed by atoms with Crippen LogP contribution in [0, 0.1) is 0 Å². The van der Waals surface area contributed by atoms with E-state index in [0.29, 0.717) is 10.9 Å². The van der Waals surface area contributed by atoms with E-state index in [-0.39, 0.29) is 65.0 Å². The van der Waals surface area contributed by atoms with Crippen LogP contribution < -0.4 is 5.32 Å². The first-order valence-corrected chi connectivity index (χ1v) is 11.1. The molecular formula is C25H18ClF3N3NaO5. The summed E-state index contributed by atoms with van der Waals surface area (Å²) in [6.07, 6.45) is -4.89. The molecule has 13 heteroatoms. The Morgan fingerprint density at radius 3 is 2.26 bits per heavy atom. The average molecular weight is 556 g/mol. The Morgan fingerprint density at radius 1 is 1.00 bits per heavy atom. The molecule has 0 bridgehead atoms. The fraction of sp³-hybridized carbons (Fsp3) is 0.120. The number of carbonyl (C=O) groups is 3. The van der Waals surface area contributed by atoms with Crippen LogP contribution in [0.4, 0.5) is 13.2 Å². The topological polar surface area (TPSA) is 122 Å². The number of carboxylic acid groups (broad SMARTS) is 1. The second kappa shape index (κ2) is 11.7. The number of hydrogen-bond donors (Lipinski definition) is 3. The molecule has 1 heterocycles. The van der Waals surface area contributed by atoms with Gasteiger partial charge in [-0.3, -0.25) is 9.59 Å². The molecule has 192 valence electrons. The van der Waals surface area contributed by atoms with Crippen molar-refractivity contribution in [3.8, 4) is 11.3 Å². The third-order valence-electron chi connectivity index (χ3n) is 5.47. The summed E-state index contributed by atoms with van der Waals surface area (Å²) in [5.74, 6) is -2.92. The van der Waals surface area contributed by atoms with Gasteiger partial charge in [-0.15, -0.1) is 0 Å².